The molecule has 0 saturated carbocycles. The van der Waals surface area contributed by atoms with Crippen LogP contribution in [-0.2, 0) is 0 Å². The second-order valence-corrected chi connectivity index (χ2v) is 6.62. The zero-order chi connectivity index (χ0) is 20.9. The summed E-state index contributed by atoms with van der Waals surface area (Å²) in [6, 6.07) is 23.0. The molecule has 150 valence electrons. The van der Waals surface area contributed by atoms with E-state index in [0.29, 0.717) is 40.2 Å². The molecule has 0 atom stereocenters. The van der Waals surface area contributed by atoms with Crippen LogP contribution in [0.15, 0.2) is 88.1 Å². The molecule has 0 radical (unpaired) electrons. The van der Waals surface area contributed by atoms with E-state index in [9.17, 15) is 9.59 Å². The molecule has 0 bridgehead atoms. The van der Waals surface area contributed by atoms with Gasteiger partial charge in [0.1, 0.15) is 11.3 Å². The van der Waals surface area contributed by atoms with Gasteiger partial charge in [-0.15, -0.1) is 0 Å². The van der Waals surface area contributed by atoms with E-state index in [1.807, 2.05) is 37.3 Å². The minimum Gasteiger partial charge on any atom is -0.494 e. The molecular formula is C25H20O5. The third-order valence-electron chi connectivity index (χ3n) is 4.63. The lowest BCUT2D eigenvalue weighted by molar-refractivity contribution is 0.0920. The smallest absolute Gasteiger partial charge is 0.235 e. The second kappa shape index (κ2) is 8.66. The van der Waals surface area contributed by atoms with Gasteiger partial charge in [0, 0.05) is 11.1 Å². The van der Waals surface area contributed by atoms with Crippen LogP contribution < -0.4 is 14.9 Å². The summed E-state index contributed by atoms with van der Waals surface area (Å²) in [7, 11) is 0. The van der Waals surface area contributed by atoms with E-state index in [1.54, 1.807) is 48.5 Å². The monoisotopic (exact) mass is 400 g/mol. The molecule has 4 rings (SSSR count). The van der Waals surface area contributed by atoms with Crippen LogP contribution in [0.3, 0.4) is 0 Å². The molecule has 0 saturated heterocycles. The van der Waals surface area contributed by atoms with Crippen LogP contribution in [0.1, 0.15) is 17.3 Å². The van der Waals surface area contributed by atoms with Crippen LogP contribution in [0.4, 0.5) is 0 Å². The predicted octanol–water partition coefficient (Wildman–Crippen LogP) is 5.12. The van der Waals surface area contributed by atoms with E-state index in [4.69, 9.17) is 13.9 Å². The largest absolute Gasteiger partial charge is 0.494 e. The van der Waals surface area contributed by atoms with E-state index >= 15 is 0 Å². The van der Waals surface area contributed by atoms with Gasteiger partial charge in [-0.3, -0.25) is 9.59 Å². The molecule has 5 nitrogen and oxygen atoms in total. The average molecular weight is 400 g/mol. The number of carbonyl (C=O) groups is 1. The quantitative estimate of drug-likeness (QED) is 0.403. The molecule has 1 aromatic heterocycles. The summed E-state index contributed by atoms with van der Waals surface area (Å²) < 4.78 is 17.1. The molecule has 0 amide bonds. The summed E-state index contributed by atoms with van der Waals surface area (Å²) in [6.07, 6.45) is 0. The summed E-state index contributed by atoms with van der Waals surface area (Å²) in [6.45, 7) is 2.17. The SMILES string of the molecule is CCOc1ccc(C(=O)COc2c(-c3ccccc3)oc3ccccc3c2=O)cc1. The Morgan fingerprint density at radius 2 is 1.57 bits per heavy atom. The van der Waals surface area contributed by atoms with Gasteiger partial charge in [0.15, 0.2) is 18.2 Å². The molecule has 0 aliphatic heterocycles. The highest BCUT2D eigenvalue weighted by Crippen LogP contribution is 2.30. The lowest BCUT2D eigenvalue weighted by atomic mass is 10.1. The van der Waals surface area contributed by atoms with Crippen LogP contribution >= 0.6 is 0 Å². The fourth-order valence-corrected chi connectivity index (χ4v) is 3.16. The number of hydrogen-bond acceptors (Lipinski definition) is 5. The Labute approximate surface area is 173 Å². The maximum absolute atomic E-state index is 13.1. The first kappa shape index (κ1) is 19.5. The summed E-state index contributed by atoms with van der Waals surface area (Å²) >= 11 is 0. The number of rotatable bonds is 7. The highest BCUT2D eigenvalue weighted by atomic mass is 16.5. The van der Waals surface area contributed by atoms with Gasteiger partial charge in [0.05, 0.1) is 12.0 Å². The van der Waals surface area contributed by atoms with Gasteiger partial charge < -0.3 is 13.9 Å². The summed E-state index contributed by atoms with van der Waals surface area (Å²) in [5, 5.41) is 0.403. The van der Waals surface area contributed by atoms with Crippen LogP contribution in [0.2, 0.25) is 0 Å². The number of para-hydroxylation sites is 1. The lowest BCUT2D eigenvalue weighted by Crippen LogP contribution is -2.17. The number of benzene rings is 3. The first-order valence-electron chi connectivity index (χ1n) is 9.67. The fraction of sp³-hybridized carbons (Fsp3) is 0.120. The maximum atomic E-state index is 13.1. The van der Waals surface area contributed by atoms with E-state index < -0.39 is 0 Å². The van der Waals surface area contributed by atoms with Crippen molar-refractivity contribution in [2.24, 2.45) is 0 Å². The molecule has 5 heteroatoms. The second-order valence-electron chi connectivity index (χ2n) is 6.62. The molecule has 4 aromatic rings. The minimum absolute atomic E-state index is 0.0270. The molecule has 0 aliphatic rings. The van der Waals surface area contributed by atoms with E-state index in [2.05, 4.69) is 0 Å². The van der Waals surface area contributed by atoms with Crippen molar-refractivity contribution in [2.75, 3.05) is 13.2 Å². The van der Waals surface area contributed by atoms with Gasteiger partial charge in [0.25, 0.3) is 0 Å². The summed E-state index contributed by atoms with van der Waals surface area (Å²) in [5.74, 6) is 0.777. The molecule has 0 unspecified atom stereocenters. The highest BCUT2D eigenvalue weighted by molar-refractivity contribution is 5.97. The average Bonchev–Trinajstić information content (AvgIpc) is 2.79. The lowest BCUT2D eigenvalue weighted by Gasteiger charge is -2.11. The van der Waals surface area contributed by atoms with Crippen molar-refractivity contribution in [3.63, 3.8) is 0 Å². The van der Waals surface area contributed by atoms with Gasteiger partial charge in [-0.2, -0.15) is 0 Å². The first-order valence-corrected chi connectivity index (χ1v) is 9.67. The normalized spacial score (nSPS) is 10.7. The van der Waals surface area contributed by atoms with Gasteiger partial charge in [0.2, 0.25) is 11.2 Å². The molecular weight excluding hydrogens is 380 g/mol. The zero-order valence-corrected chi connectivity index (χ0v) is 16.5. The van der Waals surface area contributed by atoms with Crippen LogP contribution in [-0.4, -0.2) is 19.0 Å². The Kier molecular flexibility index (Phi) is 5.61. The third kappa shape index (κ3) is 3.96. The van der Waals surface area contributed by atoms with Crippen molar-refractivity contribution in [3.05, 3.63) is 94.6 Å². The Morgan fingerprint density at radius 3 is 2.30 bits per heavy atom. The predicted molar refractivity (Wildman–Crippen MR) is 115 cm³/mol. The van der Waals surface area contributed by atoms with Crippen LogP contribution in [0, 0.1) is 0 Å². The van der Waals surface area contributed by atoms with Gasteiger partial charge in [-0.25, -0.2) is 0 Å². The number of carbonyl (C=O) groups excluding carboxylic acids is 1. The van der Waals surface area contributed by atoms with E-state index in [1.165, 1.54) is 0 Å². The minimum atomic E-state index is -0.310. The van der Waals surface area contributed by atoms with Crippen LogP contribution in [0.25, 0.3) is 22.3 Å². The van der Waals surface area contributed by atoms with Crippen LogP contribution in [0.5, 0.6) is 11.5 Å². The van der Waals surface area contributed by atoms with Crippen molar-refractivity contribution in [1.82, 2.24) is 0 Å². The molecule has 0 N–H and O–H groups in total. The molecule has 0 aliphatic carbocycles. The first-order chi connectivity index (χ1) is 14.7. The number of fused-ring (bicyclic) bond motifs is 1. The van der Waals surface area contributed by atoms with Crippen molar-refractivity contribution in [2.45, 2.75) is 6.92 Å². The van der Waals surface area contributed by atoms with E-state index in [-0.39, 0.29) is 23.6 Å². The third-order valence-corrected chi connectivity index (χ3v) is 4.63. The number of ether oxygens (including phenoxy) is 2. The molecule has 0 spiro atoms. The topological polar surface area (TPSA) is 65.7 Å². The highest BCUT2D eigenvalue weighted by Gasteiger charge is 2.19. The number of ketones is 1. The number of hydrogen-bond donors (Lipinski definition) is 0. The van der Waals surface area contributed by atoms with Crippen molar-refractivity contribution in [3.8, 4) is 22.8 Å². The maximum Gasteiger partial charge on any atom is 0.235 e. The van der Waals surface area contributed by atoms with Crippen molar-refractivity contribution < 1.29 is 18.7 Å². The Morgan fingerprint density at radius 1 is 0.867 bits per heavy atom. The van der Waals surface area contributed by atoms with E-state index in [0.717, 1.165) is 0 Å². The molecule has 0 fully saturated rings. The summed E-state index contributed by atoms with van der Waals surface area (Å²) in [5.41, 5.74) is 1.33. The van der Waals surface area contributed by atoms with Crippen molar-refractivity contribution in [1.29, 1.82) is 0 Å². The molecule has 3 aromatic carbocycles. The Balaban J connectivity index is 1.67. The van der Waals surface area contributed by atoms with Crippen molar-refractivity contribution >= 4 is 16.8 Å². The fourth-order valence-electron chi connectivity index (χ4n) is 3.16. The van der Waals surface area contributed by atoms with Gasteiger partial charge in [-0.05, 0) is 43.3 Å². The Bertz CT molecular complexity index is 1220. The summed E-state index contributed by atoms with van der Waals surface area (Å²) in [4.78, 5) is 25.7. The van der Waals surface area contributed by atoms with Gasteiger partial charge >= 0.3 is 0 Å². The van der Waals surface area contributed by atoms with Gasteiger partial charge in [-0.1, -0.05) is 42.5 Å². The molecule has 30 heavy (non-hydrogen) atoms. The zero-order valence-electron chi connectivity index (χ0n) is 16.5. The number of Topliss-reactive ketones (excluding diaryl/α,β-unsaturated/α-hetero) is 1. The standard InChI is InChI=1S/C25H20O5/c1-2-28-19-14-12-17(13-15-19)21(26)16-29-25-23(27)20-10-6-7-11-22(20)30-24(25)18-8-4-3-5-9-18/h3-15H,2,16H2,1H3. The molecule has 1 heterocycles. The Hall–Kier alpha value is -3.86.